The molecule has 1 amide bonds. The third kappa shape index (κ3) is 3.80. The van der Waals surface area contributed by atoms with Crippen molar-refractivity contribution in [1.29, 1.82) is 0 Å². The number of rotatable bonds is 5. The molecule has 4 nitrogen and oxygen atoms in total. The van der Waals surface area contributed by atoms with E-state index in [2.05, 4.69) is 10.2 Å². The van der Waals surface area contributed by atoms with Gasteiger partial charge in [0.2, 0.25) is 5.91 Å². The van der Waals surface area contributed by atoms with E-state index in [1.807, 2.05) is 20.9 Å². The second-order valence-electron chi connectivity index (χ2n) is 5.47. The lowest BCUT2D eigenvalue weighted by molar-refractivity contribution is -0.132. The van der Waals surface area contributed by atoms with E-state index in [-0.39, 0.29) is 29.7 Å². The molecule has 0 aromatic carbocycles. The number of Topliss-reactive ketones (excluding diaryl/α,β-unsaturated/α-hetero) is 1. The number of hydrogen-bond donors (Lipinski definition) is 1. The Balaban J connectivity index is 2.63. The van der Waals surface area contributed by atoms with Gasteiger partial charge in [-0.15, -0.1) is 0 Å². The SMILES string of the molecule is CC[C@H](C)C(NC(=O)[C@H]1CCCCN1C)C(C)=O. The van der Waals surface area contributed by atoms with Crippen LogP contribution >= 0.6 is 0 Å². The van der Waals surface area contributed by atoms with E-state index in [9.17, 15) is 9.59 Å². The molecule has 0 aromatic rings. The average molecular weight is 254 g/mol. The quantitative estimate of drug-likeness (QED) is 0.810. The Morgan fingerprint density at radius 2 is 2.06 bits per heavy atom. The largest absolute Gasteiger partial charge is 0.345 e. The molecular weight excluding hydrogens is 228 g/mol. The third-order valence-corrected chi connectivity index (χ3v) is 4.02. The van der Waals surface area contributed by atoms with E-state index in [1.54, 1.807) is 6.92 Å². The number of carbonyl (C=O) groups is 2. The number of amides is 1. The molecule has 0 saturated carbocycles. The molecule has 0 aromatic heterocycles. The number of nitrogens with one attached hydrogen (secondary N) is 1. The van der Waals surface area contributed by atoms with Crippen molar-refractivity contribution in [3.8, 4) is 0 Å². The number of ketones is 1. The van der Waals surface area contributed by atoms with Gasteiger partial charge >= 0.3 is 0 Å². The Kier molecular flexibility index (Phi) is 5.79. The minimum absolute atomic E-state index is 0.0118. The van der Waals surface area contributed by atoms with Gasteiger partial charge in [-0.05, 0) is 39.3 Å². The first-order valence-corrected chi connectivity index (χ1v) is 6.98. The summed E-state index contributed by atoms with van der Waals surface area (Å²) in [6.45, 7) is 6.57. The first-order valence-electron chi connectivity index (χ1n) is 6.98. The van der Waals surface area contributed by atoms with Crippen LogP contribution in [0.3, 0.4) is 0 Å². The highest BCUT2D eigenvalue weighted by Gasteiger charge is 2.30. The number of nitrogens with zero attached hydrogens (tertiary/aromatic N) is 1. The first kappa shape index (κ1) is 15.2. The Hall–Kier alpha value is -0.900. The minimum atomic E-state index is -0.335. The number of likely N-dealkylation sites (N-methyl/N-ethyl adjacent to an activating group) is 1. The molecule has 3 atom stereocenters. The van der Waals surface area contributed by atoms with Gasteiger partial charge in [0.25, 0.3) is 0 Å². The Morgan fingerprint density at radius 1 is 1.39 bits per heavy atom. The lowest BCUT2D eigenvalue weighted by Gasteiger charge is -2.33. The van der Waals surface area contributed by atoms with Crippen LogP contribution in [0, 0.1) is 5.92 Å². The van der Waals surface area contributed by atoms with Crippen molar-refractivity contribution < 1.29 is 9.59 Å². The van der Waals surface area contributed by atoms with Gasteiger partial charge in [0.15, 0.2) is 5.78 Å². The van der Waals surface area contributed by atoms with Crippen molar-refractivity contribution >= 4 is 11.7 Å². The predicted octanol–water partition coefficient (Wildman–Crippen LogP) is 1.59. The van der Waals surface area contributed by atoms with E-state index < -0.39 is 0 Å². The molecule has 1 heterocycles. The van der Waals surface area contributed by atoms with Crippen LogP contribution in [0.1, 0.15) is 46.5 Å². The highest BCUT2D eigenvalue weighted by Crippen LogP contribution is 2.16. The summed E-state index contributed by atoms with van der Waals surface area (Å²) in [5.41, 5.74) is 0. The zero-order valence-corrected chi connectivity index (χ0v) is 12.0. The van der Waals surface area contributed by atoms with Crippen LogP contribution in [0.4, 0.5) is 0 Å². The first-order chi connectivity index (χ1) is 8.47. The molecule has 1 fully saturated rings. The molecule has 104 valence electrons. The number of carbonyl (C=O) groups excluding carboxylic acids is 2. The van der Waals surface area contributed by atoms with Gasteiger partial charge in [-0.25, -0.2) is 0 Å². The van der Waals surface area contributed by atoms with E-state index in [0.717, 1.165) is 32.2 Å². The van der Waals surface area contributed by atoms with Crippen molar-refractivity contribution in [2.24, 2.45) is 5.92 Å². The highest BCUT2D eigenvalue weighted by atomic mass is 16.2. The smallest absolute Gasteiger partial charge is 0.237 e. The normalized spacial score (nSPS) is 24.3. The zero-order chi connectivity index (χ0) is 13.7. The number of piperidine rings is 1. The molecule has 4 heteroatoms. The highest BCUT2D eigenvalue weighted by molar-refractivity contribution is 5.89. The van der Waals surface area contributed by atoms with Gasteiger partial charge in [-0.3, -0.25) is 14.5 Å². The van der Waals surface area contributed by atoms with Gasteiger partial charge in [0.05, 0.1) is 12.1 Å². The van der Waals surface area contributed by atoms with Crippen molar-refractivity contribution in [3.63, 3.8) is 0 Å². The monoisotopic (exact) mass is 254 g/mol. The standard InChI is InChI=1S/C14H26N2O2/c1-5-10(2)13(11(3)17)15-14(18)12-8-6-7-9-16(12)4/h10,12-13H,5-9H2,1-4H3,(H,15,18)/t10-,12+,13?/m0/s1. The van der Waals surface area contributed by atoms with Gasteiger partial charge in [-0.1, -0.05) is 26.7 Å². The summed E-state index contributed by atoms with van der Waals surface area (Å²) in [6, 6.07) is -0.400. The molecule has 0 bridgehead atoms. The maximum absolute atomic E-state index is 12.2. The Morgan fingerprint density at radius 3 is 2.56 bits per heavy atom. The number of likely N-dealkylation sites (tertiary alicyclic amines) is 1. The Labute approximate surface area is 110 Å². The molecule has 1 unspecified atom stereocenters. The van der Waals surface area contributed by atoms with Crippen LogP contribution in [0.2, 0.25) is 0 Å². The Bertz CT molecular complexity index is 304. The van der Waals surface area contributed by atoms with Crippen LogP contribution in [0.5, 0.6) is 0 Å². The fraction of sp³-hybridized carbons (Fsp3) is 0.857. The molecule has 1 saturated heterocycles. The molecule has 0 aliphatic carbocycles. The molecule has 1 rings (SSSR count). The predicted molar refractivity (Wildman–Crippen MR) is 72.3 cm³/mol. The molecule has 18 heavy (non-hydrogen) atoms. The summed E-state index contributed by atoms with van der Waals surface area (Å²) in [5, 5.41) is 2.94. The maximum Gasteiger partial charge on any atom is 0.237 e. The lowest BCUT2D eigenvalue weighted by atomic mass is 9.95. The molecule has 1 aliphatic rings. The van der Waals surface area contributed by atoms with Gasteiger partial charge in [0, 0.05) is 0 Å². The summed E-state index contributed by atoms with van der Waals surface area (Å²) < 4.78 is 0. The zero-order valence-electron chi connectivity index (χ0n) is 12.0. The molecule has 1 N–H and O–H groups in total. The summed E-state index contributed by atoms with van der Waals surface area (Å²) in [4.78, 5) is 25.9. The van der Waals surface area contributed by atoms with E-state index in [4.69, 9.17) is 0 Å². The van der Waals surface area contributed by atoms with Crippen LogP contribution in [0.25, 0.3) is 0 Å². The molecular formula is C14H26N2O2. The van der Waals surface area contributed by atoms with E-state index >= 15 is 0 Å². The maximum atomic E-state index is 12.2. The van der Waals surface area contributed by atoms with Gasteiger partial charge < -0.3 is 5.32 Å². The van der Waals surface area contributed by atoms with Crippen LogP contribution in [0.15, 0.2) is 0 Å². The van der Waals surface area contributed by atoms with Gasteiger partial charge in [0.1, 0.15) is 0 Å². The molecule has 0 spiro atoms. The topological polar surface area (TPSA) is 49.4 Å². The summed E-state index contributed by atoms with van der Waals surface area (Å²) in [5.74, 6) is 0.259. The lowest BCUT2D eigenvalue weighted by Crippen LogP contribution is -2.53. The molecule has 0 radical (unpaired) electrons. The summed E-state index contributed by atoms with van der Waals surface area (Å²) in [7, 11) is 1.98. The van der Waals surface area contributed by atoms with E-state index in [1.165, 1.54) is 0 Å². The average Bonchev–Trinajstić information content (AvgIpc) is 2.35. The fourth-order valence-electron chi connectivity index (χ4n) is 2.54. The van der Waals surface area contributed by atoms with Crippen molar-refractivity contribution in [1.82, 2.24) is 10.2 Å². The molecule has 1 aliphatic heterocycles. The van der Waals surface area contributed by atoms with E-state index in [0.29, 0.717) is 0 Å². The van der Waals surface area contributed by atoms with Crippen molar-refractivity contribution in [2.75, 3.05) is 13.6 Å². The number of hydrogen-bond acceptors (Lipinski definition) is 3. The minimum Gasteiger partial charge on any atom is -0.345 e. The summed E-state index contributed by atoms with van der Waals surface area (Å²) >= 11 is 0. The van der Waals surface area contributed by atoms with Crippen LogP contribution < -0.4 is 5.32 Å². The van der Waals surface area contributed by atoms with Crippen LogP contribution in [-0.2, 0) is 9.59 Å². The fourth-order valence-corrected chi connectivity index (χ4v) is 2.54. The van der Waals surface area contributed by atoms with Gasteiger partial charge in [-0.2, -0.15) is 0 Å². The second kappa shape index (κ2) is 6.88. The third-order valence-electron chi connectivity index (χ3n) is 4.02. The summed E-state index contributed by atoms with van der Waals surface area (Å²) in [6.07, 6.45) is 4.04. The van der Waals surface area contributed by atoms with Crippen molar-refractivity contribution in [3.05, 3.63) is 0 Å². The second-order valence-corrected chi connectivity index (χ2v) is 5.47. The van der Waals surface area contributed by atoms with Crippen molar-refractivity contribution in [2.45, 2.75) is 58.5 Å². The van der Waals surface area contributed by atoms with Crippen LogP contribution in [-0.4, -0.2) is 42.3 Å².